The molecule has 2 nitrogen and oxygen atoms in total. The van der Waals surface area contributed by atoms with Crippen molar-refractivity contribution in [3.05, 3.63) is 40.4 Å². The van der Waals surface area contributed by atoms with Crippen LogP contribution in [0.25, 0.3) is 6.08 Å². The van der Waals surface area contributed by atoms with Crippen molar-refractivity contribution in [1.29, 1.82) is 0 Å². The second kappa shape index (κ2) is 6.45. The van der Waals surface area contributed by atoms with Crippen LogP contribution in [-0.2, 0) is 4.79 Å². The predicted molar refractivity (Wildman–Crippen MR) is 73.1 cm³/mol. The van der Waals surface area contributed by atoms with Crippen LogP contribution in [0.4, 0.5) is 0 Å². The lowest BCUT2D eigenvalue weighted by molar-refractivity contribution is -0.117. The first-order valence-electron chi connectivity index (χ1n) is 5.77. The Labute approximate surface area is 108 Å². The van der Waals surface area contributed by atoms with E-state index in [1.165, 1.54) is 6.08 Å². The summed E-state index contributed by atoms with van der Waals surface area (Å²) in [7, 11) is 0. The topological polar surface area (TPSA) is 29.1 Å². The number of carbonyl (C=O) groups is 1. The van der Waals surface area contributed by atoms with Gasteiger partial charge in [-0.2, -0.15) is 0 Å². The molecule has 1 aromatic carbocycles. The molecule has 0 bridgehead atoms. The highest BCUT2D eigenvalue weighted by Crippen LogP contribution is 2.17. The zero-order valence-electron chi connectivity index (χ0n) is 10.5. The summed E-state index contributed by atoms with van der Waals surface area (Å²) in [5.41, 5.74) is 1.97. The number of benzene rings is 1. The fourth-order valence-electron chi connectivity index (χ4n) is 1.28. The molecule has 1 atom stereocenters. The molecule has 0 heterocycles. The highest BCUT2D eigenvalue weighted by atomic mass is 35.5. The lowest BCUT2D eigenvalue weighted by Crippen LogP contribution is -2.30. The van der Waals surface area contributed by atoms with Gasteiger partial charge >= 0.3 is 0 Å². The van der Waals surface area contributed by atoms with E-state index in [-0.39, 0.29) is 11.9 Å². The highest BCUT2D eigenvalue weighted by Gasteiger charge is 2.01. The summed E-state index contributed by atoms with van der Waals surface area (Å²) in [4.78, 5) is 11.5. The van der Waals surface area contributed by atoms with Crippen molar-refractivity contribution < 1.29 is 4.79 Å². The van der Waals surface area contributed by atoms with Crippen LogP contribution < -0.4 is 5.32 Å². The SMILES string of the molecule is CCC(C)NC(=O)/C=C/c1ccc(C)c(Cl)c1. The quantitative estimate of drug-likeness (QED) is 0.815. The Kier molecular flexibility index (Phi) is 5.23. The van der Waals surface area contributed by atoms with Crippen LogP contribution in [0.2, 0.25) is 5.02 Å². The molecule has 92 valence electrons. The van der Waals surface area contributed by atoms with Gasteiger partial charge in [0.2, 0.25) is 5.91 Å². The normalized spacial score (nSPS) is 12.7. The van der Waals surface area contributed by atoms with Crippen molar-refractivity contribution in [2.24, 2.45) is 0 Å². The maximum atomic E-state index is 11.5. The molecule has 0 radical (unpaired) electrons. The van der Waals surface area contributed by atoms with E-state index in [0.29, 0.717) is 0 Å². The molecule has 1 aromatic rings. The molecular weight excluding hydrogens is 234 g/mol. The van der Waals surface area contributed by atoms with Gasteiger partial charge in [-0.05, 0) is 43.5 Å². The Morgan fingerprint density at radius 2 is 2.24 bits per heavy atom. The third-order valence-electron chi connectivity index (χ3n) is 2.62. The Balaban J connectivity index is 2.64. The van der Waals surface area contributed by atoms with Crippen molar-refractivity contribution in [3.63, 3.8) is 0 Å². The van der Waals surface area contributed by atoms with Gasteiger partial charge in [0.05, 0.1) is 0 Å². The zero-order chi connectivity index (χ0) is 12.8. The second-order valence-electron chi connectivity index (χ2n) is 4.16. The van der Waals surface area contributed by atoms with Gasteiger partial charge in [0.15, 0.2) is 0 Å². The fourth-order valence-corrected chi connectivity index (χ4v) is 1.47. The third kappa shape index (κ3) is 4.61. The van der Waals surface area contributed by atoms with E-state index in [2.05, 4.69) is 5.32 Å². The van der Waals surface area contributed by atoms with Gasteiger partial charge < -0.3 is 5.32 Å². The molecule has 0 saturated heterocycles. The van der Waals surface area contributed by atoms with E-state index in [1.807, 2.05) is 39.0 Å². The number of nitrogens with one attached hydrogen (secondary N) is 1. The van der Waals surface area contributed by atoms with E-state index in [4.69, 9.17) is 11.6 Å². The average molecular weight is 252 g/mol. The van der Waals surface area contributed by atoms with Crippen molar-refractivity contribution in [2.75, 3.05) is 0 Å². The molecule has 0 spiro atoms. The van der Waals surface area contributed by atoms with Gasteiger partial charge in [-0.15, -0.1) is 0 Å². The molecule has 0 aliphatic heterocycles. The summed E-state index contributed by atoms with van der Waals surface area (Å²) in [6, 6.07) is 5.93. The molecule has 17 heavy (non-hydrogen) atoms. The van der Waals surface area contributed by atoms with E-state index in [0.717, 1.165) is 22.6 Å². The van der Waals surface area contributed by atoms with Crippen LogP contribution in [0.15, 0.2) is 24.3 Å². The minimum absolute atomic E-state index is 0.0731. The first-order chi connectivity index (χ1) is 8.02. The van der Waals surface area contributed by atoms with Crippen LogP contribution in [0.1, 0.15) is 31.4 Å². The van der Waals surface area contributed by atoms with E-state index < -0.39 is 0 Å². The number of halogens is 1. The van der Waals surface area contributed by atoms with Crippen LogP contribution in [0.3, 0.4) is 0 Å². The minimum atomic E-state index is -0.0731. The summed E-state index contributed by atoms with van der Waals surface area (Å²) in [5, 5.41) is 3.58. The van der Waals surface area contributed by atoms with E-state index in [1.54, 1.807) is 6.08 Å². The standard InChI is InChI=1S/C14H18ClNO/c1-4-11(3)16-14(17)8-7-12-6-5-10(2)13(15)9-12/h5-9,11H,4H2,1-3H3,(H,16,17)/b8-7+. The first kappa shape index (κ1) is 13.8. The molecule has 0 aromatic heterocycles. The number of hydrogen-bond acceptors (Lipinski definition) is 1. The Morgan fingerprint density at radius 1 is 1.53 bits per heavy atom. The van der Waals surface area contributed by atoms with Crippen molar-refractivity contribution in [1.82, 2.24) is 5.32 Å². The number of aryl methyl sites for hydroxylation is 1. The summed E-state index contributed by atoms with van der Waals surface area (Å²) < 4.78 is 0. The molecule has 0 aliphatic rings. The average Bonchev–Trinajstić information content (AvgIpc) is 2.30. The van der Waals surface area contributed by atoms with E-state index >= 15 is 0 Å². The summed E-state index contributed by atoms with van der Waals surface area (Å²) in [5.74, 6) is -0.0731. The summed E-state index contributed by atoms with van der Waals surface area (Å²) in [6.07, 6.45) is 4.23. The maximum absolute atomic E-state index is 11.5. The molecule has 3 heteroatoms. The Hall–Kier alpha value is -1.28. The van der Waals surface area contributed by atoms with Gasteiger partial charge in [0.25, 0.3) is 0 Å². The highest BCUT2D eigenvalue weighted by molar-refractivity contribution is 6.31. The van der Waals surface area contributed by atoms with Gasteiger partial charge in [-0.3, -0.25) is 4.79 Å². The summed E-state index contributed by atoms with van der Waals surface area (Å²) in [6.45, 7) is 5.97. The van der Waals surface area contributed by atoms with E-state index in [9.17, 15) is 4.79 Å². The Morgan fingerprint density at radius 3 is 2.82 bits per heavy atom. The van der Waals surface area contributed by atoms with Crippen molar-refractivity contribution in [2.45, 2.75) is 33.2 Å². The summed E-state index contributed by atoms with van der Waals surface area (Å²) >= 11 is 6.00. The largest absolute Gasteiger partial charge is 0.350 e. The zero-order valence-corrected chi connectivity index (χ0v) is 11.2. The molecule has 1 N–H and O–H groups in total. The molecule has 1 unspecified atom stereocenters. The molecule has 0 saturated carbocycles. The fraction of sp³-hybridized carbons (Fsp3) is 0.357. The number of hydrogen-bond donors (Lipinski definition) is 1. The molecule has 0 aliphatic carbocycles. The van der Waals surface area contributed by atoms with Crippen LogP contribution in [-0.4, -0.2) is 11.9 Å². The van der Waals surface area contributed by atoms with Crippen molar-refractivity contribution >= 4 is 23.6 Å². The van der Waals surface area contributed by atoms with Crippen LogP contribution >= 0.6 is 11.6 Å². The van der Waals surface area contributed by atoms with Gasteiger partial charge in [-0.25, -0.2) is 0 Å². The Bertz CT molecular complexity index is 426. The number of carbonyl (C=O) groups excluding carboxylic acids is 1. The lowest BCUT2D eigenvalue weighted by Gasteiger charge is -2.08. The van der Waals surface area contributed by atoms with Gasteiger partial charge in [-0.1, -0.05) is 30.7 Å². The smallest absolute Gasteiger partial charge is 0.244 e. The monoisotopic (exact) mass is 251 g/mol. The van der Waals surface area contributed by atoms with Gasteiger partial charge in [0, 0.05) is 17.1 Å². The molecule has 1 amide bonds. The number of amides is 1. The molecular formula is C14H18ClNO. The number of rotatable bonds is 4. The molecule has 1 rings (SSSR count). The first-order valence-corrected chi connectivity index (χ1v) is 6.15. The second-order valence-corrected chi connectivity index (χ2v) is 4.57. The predicted octanol–water partition coefficient (Wildman–Crippen LogP) is 3.58. The van der Waals surface area contributed by atoms with Crippen LogP contribution in [0.5, 0.6) is 0 Å². The minimum Gasteiger partial charge on any atom is -0.350 e. The molecule has 0 fully saturated rings. The van der Waals surface area contributed by atoms with Crippen LogP contribution in [0, 0.1) is 6.92 Å². The van der Waals surface area contributed by atoms with Crippen molar-refractivity contribution in [3.8, 4) is 0 Å². The van der Waals surface area contributed by atoms with Gasteiger partial charge in [0.1, 0.15) is 0 Å². The lowest BCUT2D eigenvalue weighted by atomic mass is 10.1. The third-order valence-corrected chi connectivity index (χ3v) is 3.03. The maximum Gasteiger partial charge on any atom is 0.244 e.